The van der Waals surface area contributed by atoms with Crippen LogP contribution in [0.25, 0.3) is 23.2 Å². The number of ether oxygens (including phenoxy) is 1. The average Bonchev–Trinajstić information content (AvgIpc) is 2.36. The van der Waals surface area contributed by atoms with Crippen LogP contribution < -0.4 is 15.4 Å². The summed E-state index contributed by atoms with van der Waals surface area (Å²) in [5.41, 5.74) is 1.57. The largest absolute Gasteiger partial charge is 0.494 e. The van der Waals surface area contributed by atoms with E-state index in [1.807, 2.05) is 31.2 Å². The van der Waals surface area contributed by atoms with Crippen LogP contribution in [0.1, 0.15) is 13.3 Å². The molecule has 3 rings (SSSR count). The van der Waals surface area contributed by atoms with Crippen LogP contribution in [-0.2, 0) is 4.79 Å². The first-order chi connectivity index (χ1) is 8.76. The minimum absolute atomic E-state index is 0.0668. The Kier molecular flexibility index (Phi) is 2.55. The lowest BCUT2D eigenvalue weighted by Crippen LogP contribution is -2.35. The third-order valence-corrected chi connectivity index (χ3v) is 2.80. The van der Waals surface area contributed by atoms with Crippen molar-refractivity contribution < 1.29 is 9.53 Å². The molecule has 0 saturated carbocycles. The molecule has 1 aromatic carbocycles. The summed E-state index contributed by atoms with van der Waals surface area (Å²) in [5, 5.41) is 1.43. The molecular formula is C14H12N2O2. The Morgan fingerprint density at radius 2 is 2.06 bits per heavy atom. The van der Waals surface area contributed by atoms with Gasteiger partial charge in [-0.15, -0.1) is 0 Å². The summed E-state index contributed by atoms with van der Waals surface area (Å²) in [5.74, 6) is 0.836. The summed E-state index contributed by atoms with van der Waals surface area (Å²) in [4.78, 5) is 20.3. The van der Waals surface area contributed by atoms with E-state index >= 15 is 0 Å². The van der Waals surface area contributed by atoms with Gasteiger partial charge in [-0.05, 0) is 25.1 Å². The molecule has 1 aromatic heterocycles. The summed E-state index contributed by atoms with van der Waals surface area (Å²) in [6, 6.07) is 5.61. The van der Waals surface area contributed by atoms with Crippen molar-refractivity contribution in [3.8, 4) is 5.75 Å². The van der Waals surface area contributed by atoms with Crippen LogP contribution in [0.3, 0.4) is 0 Å². The molecule has 1 heterocycles. The first-order valence-corrected chi connectivity index (χ1v) is 5.91. The smallest absolute Gasteiger partial charge is 0.161 e. The summed E-state index contributed by atoms with van der Waals surface area (Å²) in [7, 11) is 0. The van der Waals surface area contributed by atoms with Gasteiger partial charge in [0, 0.05) is 18.6 Å². The Hall–Kier alpha value is -2.23. The van der Waals surface area contributed by atoms with E-state index in [1.165, 1.54) is 0 Å². The second kappa shape index (κ2) is 4.22. The molecule has 0 aliphatic heterocycles. The minimum atomic E-state index is 0.0668. The van der Waals surface area contributed by atoms with Gasteiger partial charge in [0.15, 0.2) is 5.78 Å². The highest BCUT2D eigenvalue weighted by atomic mass is 16.5. The lowest BCUT2D eigenvalue weighted by molar-refractivity contribution is -0.112. The van der Waals surface area contributed by atoms with Gasteiger partial charge < -0.3 is 4.74 Å². The van der Waals surface area contributed by atoms with Gasteiger partial charge in [-0.2, -0.15) is 0 Å². The highest BCUT2D eigenvalue weighted by molar-refractivity contribution is 6.08. The number of nitrogens with zero attached hydrogens (tertiary/aromatic N) is 2. The topological polar surface area (TPSA) is 52.1 Å². The van der Waals surface area contributed by atoms with Gasteiger partial charge in [0.05, 0.1) is 28.3 Å². The van der Waals surface area contributed by atoms with E-state index < -0.39 is 0 Å². The van der Waals surface area contributed by atoms with E-state index in [0.717, 1.165) is 22.1 Å². The number of aromatic nitrogens is 2. The van der Waals surface area contributed by atoms with Crippen LogP contribution in [0.5, 0.6) is 5.75 Å². The Labute approximate surface area is 104 Å². The van der Waals surface area contributed by atoms with Gasteiger partial charge in [0.1, 0.15) is 5.75 Å². The number of rotatable bonds is 2. The van der Waals surface area contributed by atoms with Crippen molar-refractivity contribution in [2.75, 3.05) is 6.61 Å². The summed E-state index contributed by atoms with van der Waals surface area (Å²) in [6.45, 7) is 2.55. The Balaban J connectivity index is 2.26. The van der Waals surface area contributed by atoms with E-state index in [0.29, 0.717) is 18.4 Å². The third-order valence-electron chi connectivity index (χ3n) is 2.80. The molecule has 4 heteroatoms. The first-order valence-electron chi connectivity index (χ1n) is 5.91. The highest BCUT2D eigenvalue weighted by Gasteiger charge is 2.06. The van der Waals surface area contributed by atoms with Crippen LogP contribution in [0, 0.1) is 0 Å². The number of Topliss-reactive ketones (excluding diaryl/α,β-unsaturated/α-hetero) is 1. The molecule has 0 unspecified atom stereocenters. The van der Waals surface area contributed by atoms with Gasteiger partial charge in [-0.25, -0.2) is 9.97 Å². The number of benzene rings is 1. The normalized spacial score (nSPS) is 13.7. The van der Waals surface area contributed by atoms with Crippen LogP contribution >= 0.6 is 0 Å². The van der Waals surface area contributed by atoms with Crippen LogP contribution in [0.4, 0.5) is 0 Å². The highest BCUT2D eigenvalue weighted by Crippen LogP contribution is 2.15. The van der Waals surface area contributed by atoms with E-state index in [9.17, 15) is 4.79 Å². The predicted octanol–water partition coefficient (Wildman–Crippen LogP) is 0.562. The first kappa shape index (κ1) is 10.9. The van der Waals surface area contributed by atoms with Crippen molar-refractivity contribution in [1.29, 1.82) is 0 Å². The number of hydrogen-bond donors (Lipinski definition) is 0. The Bertz CT molecular complexity index is 750. The molecule has 0 saturated heterocycles. The second-order valence-corrected chi connectivity index (χ2v) is 4.10. The number of ketones is 1. The van der Waals surface area contributed by atoms with Crippen molar-refractivity contribution >= 4 is 29.0 Å². The lowest BCUT2D eigenvalue weighted by atomic mass is 10.1. The van der Waals surface area contributed by atoms with Gasteiger partial charge >= 0.3 is 0 Å². The summed E-state index contributed by atoms with van der Waals surface area (Å²) < 4.78 is 5.43. The molecule has 0 spiro atoms. The fraction of sp³-hybridized carbons (Fsp3) is 0.214. The number of fused-ring (bicyclic) bond motifs is 2. The van der Waals surface area contributed by atoms with Gasteiger partial charge in [0.2, 0.25) is 0 Å². The number of carbonyl (C=O) groups is 1. The standard InChI is InChI=1S/C14H12N2O2/c1-2-18-10-4-6-12-14(8-10)16-13-7-9(17)3-5-11(13)15-12/h4-8H,2-3H2,1H3. The van der Waals surface area contributed by atoms with Crippen molar-refractivity contribution in [1.82, 2.24) is 9.97 Å². The fourth-order valence-corrected chi connectivity index (χ4v) is 1.98. The van der Waals surface area contributed by atoms with Crippen molar-refractivity contribution in [3.05, 3.63) is 28.9 Å². The molecular weight excluding hydrogens is 228 g/mol. The molecule has 90 valence electrons. The molecule has 0 atom stereocenters. The lowest BCUT2D eigenvalue weighted by Gasteiger charge is -2.05. The van der Waals surface area contributed by atoms with Crippen LogP contribution in [-0.4, -0.2) is 22.4 Å². The molecule has 18 heavy (non-hydrogen) atoms. The molecule has 1 aliphatic rings. The zero-order valence-electron chi connectivity index (χ0n) is 10.0. The zero-order valence-corrected chi connectivity index (χ0v) is 10.0. The van der Waals surface area contributed by atoms with Crippen molar-refractivity contribution in [2.24, 2.45) is 0 Å². The monoisotopic (exact) mass is 240 g/mol. The molecule has 0 bridgehead atoms. The maximum absolute atomic E-state index is 11.4. The van der Waals surface area contributed by atoms with Crippen LogP contribution in [0.15, 0.2) is 18.2 Å². The molecule has 1 aliphatic carbocycles. The summed E-state index contributed by atoms with van der Waals surface area (Å²) >= 11 is 0. The molecule has 0 N–H and O–H groups in total. The molecule has 2 aromatic rings. The third kappa shape index (κ3) is 1.86. The molecule has 0 fully saturated rings. The minimum Gasteiger partial charge on any atom is -0.494 e. The van der Waals surface area contributed by atoms with E-state index in [2.05, 4.69) is 9.97 Å². The van der Waals surface area contributed by atoms with Gasteiger partial charge in [0.25, 0.3) is 0 Å². The average molecular weight is 240 g/mol. The fourth-order valence-electron chi connectivity index (χ4n) is 1.98. The van der Waals surface area contributed by atoms with Gasteiger partial charge in [-0.3, -0.25) is 4.79 Å². The van der Waals surface area contributed by atoms with Crippen molar-refractivity contribution in [2.45, 2.75) is 13.3 Å². The maximum atomic E-state index is 11.4. The van der Waals surface area contributed by atoms with E-state index in [-0.39, 0.29) is 5.78 Å². The van der Waals surface area contributed by atoms with Crippen LogP contribution in [0.2, 0.25) is 0 Å². The Morgan fingerprint density at radius 1 is 1.22 bits per heavy atom. The van der Waals surface area contributed by atoms with Gasteiger partial charge in [-0.1, -0.05) is 0 Å². The molecule has 4 nitrogen and oxygen atoms in total. The predicted molar refractivity (Wildman–Crippen MR) is 68.5 cm³/mol. The maximum Gasteiger partial charge on any atom is 0.161 e. The second-order valence-electron chi connectivity index (χ2n) is 4.10. The SMILES string of the molecule is CCOc1ccc2nc3c(nc2c1)=CC(=O)CC=3. The molecule has 0 amide bonds. The quantitative estimate of drug-likeness (QED) is 0.769. The Morgan fingerprint density at radius 3 is 2.89 bits per heavy atom. The zero-order chi connectivity index (χ0) is 12.5. The van der Waals surface area contributed by atoms with E-state index in [4.69, 9.17) is 4.74 Å². The number of carbonyl (C=O) groups excluding carboxylic acids is 1. The van der Waals surface area contributed by atoms with Crippen molar-refractivity contribution in [3.63, 3.8) is 0 Å². The van der Waals surface area contributed by atoms with E-state index in [1.54, 1.807) is 6.08 Å². The summed E-state index contributed by atoms with van der Waals surface area (Å²) in [6.07, 6.45) is 3.78. The number of hydrogen-bond acceptors (Lipinski definition) is 4. The molecule has 0 radical (unpaired) electrons.